The monoisotopic (exact) mass is 303 g/mol. The Labute approximate surface area is 130 Å². The summed E-state index contributed by atoms with van der Waals surface area (Å²) in [6.45, 7) is 7.45. The molecule has 1 nitrogen and oxygen atoms in total. The first-order valence-corrected chi connectivity index (χ1v) is 8.56. The molecule has 1 aromatic heterocycles. The summed E-state index contributed by atoms with van der Waals surface area (Å²) in [7, 11) is 0. The van der Waals surface area contributed by atoms with Crippen molar-refractivity contribution < 1.29 is 4.39 Å². The molecule has 0 aliphatic carbocycles. The molecule has 1 saturated heterocycles. The van der Waals surface area contributed by atoms with Gasteiger partial charge < -0.3 is 0 Å². The lowest BCUT2D eigenvalue weighted by Crippen LogP contribution is -2.18. The van der Waals surface area contributed by atoms with Gasteiger partial charge in [-0.25, -0.2) is 4.39 Å². The van der Waals surface area contributed by atoms with Gasteiger partial charge in [-0.2, -0.15) is 0 Å². The summed E-state index contributed by atoms with van der Waals surface area (Å²) in [6, 6.07) is 10.2. The lowest BCUT2D eigenvalue weighted by molar-refractivity contribution is 0.332. The molecule has 0 bridgehead atoms. The highest BCUT2D eigenvalue weighted by molar-refractivity contribution is 7.15. The van der Waals surface area contributed by atoms with Crippen molar-refractivity contribution in [1.82, 2.24) is 4.90 Å². The summed E-state index contributed by atoms with van der Waals surface area (Å²) in [4.78, 5) is 4.42. The molecule has 0 radical (unpaired) electrons. The van der Waals surface area contributed by atoms with Gasteiger partial charge in [-0.1, -0.05) is 38.1 Å². The average molecular weight is 303 g/mol. The molecule has 0 saturated carbocycles. The van der Waals surface area contributed by atoms with E-state index in [-0.39, 0.29) is 11.7 Å². The van der Waals surface area contributed by atoms with E-state index in [0.29, 0.717) is 0 Å². The van der Waals surface area contributed by atoms with E-state index < -0.39 is 0 Å². The highest BCUT2D eigenvalue weighted by Crippen LogP contribution is 2.36. The third-order valence-corrected chi connectivity index (χ3v) is 5.56. The Bertz CT molecular complexity index is 611. The van der Waals surface area contributed by atoms with Crippen LogP contribution in [0.2, 0.25) is 0 Å². The maximum atomic E-state index is 14.1. The fourth-order valence-electron chi connectivity index (χ4n) is 2.99. The molecular formula is C18H22FNS. The molecule has 3 heteroatoms. The van der Waals surface area contributed by atoms with Crippen molar-refractivity contribution in [2.75, 3.05) is 13.1 Å². The Kier molecular flexibility index (Phi) is 4.41. The standard InChI is InChI=1S/C18H22FNS/c1-13(2)18-16(19)11-17(21-18)15-8-4-3-7-14(15)12-20-9-5-6-10-20/h3-4,7-8,11,13H,5-6,9-10,12H2,1-2H3. The van der Waals surface area contributed by atoms with Crippen molar-refractivity contribution in [2.45, 2.75) is 39.2 Å². The summed E-state index contributed by atoms with van der Waals surface area (Å²) in [5.74, 6) is 0.190. The van der Waals surface area contributed by atoms with E-state index in [9.17, 15) is 4.39 Å². The second-order valence-corrected chi connectivity index (χ2v) is 7.20. The van der Waals surface area contributed by atoms with E-state index in [1.54, 1.807) is 17.4 Å². The van der Waals surface area contributed by atoms with E-state index in [1.165, 1.54) is 37.1 Å². The van der Waals surface area contributed by atoms with Gasteiger partial charge in [0.1, 0.15) is 5.82 Å². The third kappa shape index (κ3) is 3.19. The van der Waals surface area contributed by atoms with E-state index >= 15 is 0 Å². The molecule has 0 amide bonds. The number of hydrogen-bond acceptors (Lipinski definition) is 2. The topological polar surface area (TPSA) is 3.24 Å². The highest BCUT2D eigenvalue weighted by atomic mass is 32.1. The van der Waals surface area contributed by atoms with Crippen molar-refractivity contribution in [2.24, 2.45) is 0 Å². The van der Waals surface area contributed by atoms with Crippen molar-refractivity contribution in [3.05, 3.63) is 46.6 Å². The molecule has 112 valence electrons. The molecule has 0 atom stereocenters. The Balaban J connectivity index is 1.92. The molecule has 2 heterocycles. The van der Waals surface area contributed by atoms with E-state index in [0.717, 1.165) is 16.3 Å². The fraction of sp³-hybridized carbons (Fsp3) is 0.444. The van der Waals surface area contributed by atoms with Gasteiger partial charge in [-0.3, -0.25) is 4.90 Å². The number of nitrogens with zero attached hydrogens (tertiary/aromatic N) is 1. The van der Waals surface area contributed by atoms with Crippen LogP contribution in [0.4, 0.5) is 4.39 Å². The van der Waals surface area contributed by atoms with Gasteiger partial charge in [0.25, 0.3) is 0 Å². The van der Waals surface area contributed by atoms with Crippen molar-refractivity contribution in [1.29, 1.82) is 0 Å². The number of likely N-dealkylation sites (tertiary alicyclic amines) is 1. The molecule has 0 N–H and O–H groups in total. The zero-order chi connectivity index (χ0) is 14.8. The van der Waals surface area contributed by atoms with Crippen molar-refractivity contribution >= 4 is 11.3 Å². The van der Waals surface area contributed by atoms with Crippen LogP contribution < -0.4 is 0 Å². The molecule has 2 aromatic rings. The molecule has 1 aromatic carbocycles. The largest absolute Gasteiger partial charge is 0.299 e. The van der Waals surface area contributed by atoms with E-state index in [1.807, 2.05) is 0 Å². The average Bonchev–Trinajstić information content (AvgIpc) is 3.09. The van der Waals surface area contributed by atoms with Gasteiger partial charge in [0.2, 0.25) is 0 Å². The van der Waals surface area contributed by atoms with Gasteiger partial charge >= 0.3 is 0 Å². The van der Waals surface area contributed by atoms with Crippen LogP contribution in [-0.4, -0.2) is 18.0 Å². The van der Waals surface area contributed by atoms with Crippen LogP contribution in [-0.2, 0) is 6.54 Å². The maximum Gasteiger partial charge on any atom is 0.137 e. The lowest BCUT2D eigenvalue weighted by Gasteiger charge is -2.17. The van der Waals surface area contributed by atoms with Crippen LogP contribution in [0.1, 0.15) is 43.0 Å². The molecule has 3 rings (SSSR count). The third-order valence-electron chi connectivity index (χ3n) is 4.11. The zero-order valence-electron chi connectivity index (χ0n) is 12.7. The quantitative estimate of drug-likeness (QED) is 0.743. The molecule has 1 aliphatic rings. The predicted octanol–water partition coefficient (Wildman–Crippen LogP) is 5.27. The van der Waals surface area contributed by atoms with Gasteiger partial charge in [0, 0.05) is 16.3 Å². The van der Waals surface area contributed by atoms with Gasteiger partial charge in [0.05, 0.1) is 0 Å². The normalized spacial score (nSPS) is 16.0. The summed E-state index contributed by atoms with van der Waals surface area (Å²) in [5.41, 5.74) is 2.51. The first-order chi connectivity index (χ1) is 10.1. The molecule has 0 spiro atoms. The van der Waals surface area contributed by atoms with Gasteiger partial charge in [-0.05, 0) is 49.0 Å². The highest BCUT2D eigenvalue weighted by Gasteiger charge is 2.17. The first-order valence-electron chi connectivity index (χ1n) is 7.75. The number of hydrogen-bond donors (Lipinski definition) is 0. The minimum Gasteiger partial charge on any atom is -0.299 e. The smallest absolute Gasteiger partial charge is 0.137 e. The van der Waals surface area contributed by atoms with Gasteiger partial charge in [0.15, 0.2) is 0 Å². The number of rotatable bonds is 4. The minimum absolute atomic E-state index is 0.0547. The molecule has 0 unspecified atom stereocenters. The Morgan fingerprint density at radius 1 is 1.19 bits per heavy atom. The molecule has 21 heavy (non-hydrogen) atoms. The maximum absolute atomic E-state index is 14.1. The van der Waals surface area contributed by atoms with Crippen LogP contribution in [0.5, 0.6) is 0 Å². The van der Waals surface area contributed by atoms with Crippen molar-refractivity contribution in [3.63, 3.8) is 0 Å². The van der Waals surface area contributed by atoms with Crippen LogP contribution in [0, 0.1) is 5.82 Å². The molecular weight excluding hydrogens is 281 g/mol. The Morgan fingerprint density at radius 2 is 1.90 bits per heavy atom. The van der Waals surface area contributed by atoms with Gasteiger partial charge in [-0.15, -0.1) is 11.3 Å². The minimum atomic E-state index is -0.0547. The first kappa shape index (κ1) is 14.7. The Hall–Kier alpha value is -1.19. The second kappa shape index (κ2) is 6.29. The predicted molar refractivity (Wildman–Crippen MR) is 88.3 cm³/mol. The summed E-state index contributed by atoms with van der Waals surface area (Å²) in [6.07, 6.45) is 2.60. The molecule has 1 aliphatic heterocycles. The summed E-state index contributed by atoms with van der Waals surface area (Å²) >= 11 is 1.60. The lowest BCUT2D eigenvalue weighted by atomic mass is 10.1. The molecule has 1 fully saturated rings. The second-order valence-electron chi connectivity index (χ2n) is 6.12. The number of thiophene rings is 1. The number of halogens is 1. The van der Waals surface area contributed by atoms with Crippen LogP contribution in [0.25, 0.3) is 10.4 Å². The number of benzene rings is 1. The Morgan fingerprint density at radius 3 is 2.57 bits per heavy atom. The van der Waals surface area contributed by atoms with Crippen LogP contribution in [0.15, 0.2) is 30.3 Å². The van der Waals surface area contributed by atoms with Crippen LogP contribution in [0.3, 0.4) is 0 Å². The SMILES string of the molecule is CC(C)c1sc(-c2ccccc2CN2CCCC2)cc1F. The summed E-state index contributed by atoms with van der Waals surface area (Å²) in [5, 5.41) is 0. The zero-order valence-corrected chi connectivity index (χ0v) is 13.5. The summed E-state index contributed by atoms with van der Waals surface area (Å²) < 4.78 is 14.1. The van der Waals surface area contributed by atoms with Crippen molar-refractivity contribution in [3.8, 4) is 10.4 Å². The van der Waals surface area contributed by atoms with E-state index in [4.69, 9.17) is 0 Å². The fourth-order valence-corrected chi connectivity index (χ4v) is 4.09. The van der Waals surface area contributed by atoms with E-state index in [2.05, 4.69) is 43.0 Å². The van der Waals surface area contributed by atoms with Crippen LogP contribution >= 0.6 is 11.3 Å².